The molecular weight excluding hydrogens is 352 g/mol. The van der Waals surface area contributed by atoms with Crippen LogP contribution in [0.4, 0.5) is 0 Å². The van der Waals surface area contributed by atoms with Crippen molar-refractivity contribution in [3.05, 3.63) is 70.4 Å². The Bertz CT molecular complexity index is 880. The van der Waals surface area contributed by atoms with Crippen molar-refractivity contribution < 1.29 is 4.74 Å². The minimum absolute atomic E-state index is 0.0580. The molecule has 1 aliphatic carbocycles. The van der Waals surface area contributed by atoms with E-state index in [2.05, 4.69) is 41.9 Å². The fourth-order valence-electron chi connectivity index (χ4n) is 3.45. The minimum atomic E-state index is 0.0580. The van der Waals surface area contributed by atoms with Gasteiger partial charge in [0.05, 0.1) is 11.7 Å². The van der Waals surface area contributed by atoms with Crippen LogP contribution < -0.4 is 10.1 Å². The number of rotatable bonds is 7. The van der Waals surface area contributed by atoms with Gasteiger partial charge in [0.25, 0.3) is 0 Å². The van der Waals surface area contributed by atoms with Crippen LogP contribution in [0.5, 0.6) is 5.75 Å². The van der Waals surface area contributed by atoms with Crippen molar-refractivity contribution >= 4 is 16.7 Å². The van der Waals surface area contributed by atoms with Gasteiger partial charge in [0.1, 0.15) is 11.8 Å². The van der Waals surface area contributed by atoms with E-state index in [0.717, 1.165) is 17.7 Å². The van der Waals surface area contributed by atoms with E-state index in [1.807, 2.05) is 33.0 Å². The molecule has 3 rings (SSSR count). The standard InChI is InChI=1S/C23H26N2OS/c1-16(2)26-22-11-10-17(12-19(22)13-24)15-27-23(14-25-3)21-9-5-7-18-6-4-8-20(18)21/h5,7,9-12,14,16,25H,4,6,8,15H2,1-3H3/b23-14-. The van der Waals surface area contributed by atoms with Crippen molar-refractivity contribution in [3.8, 4) is 11.8 Å². The number of hydrogen-bond acceptors (Lipinski definition) is 4. The van der Waals surface area contributed by atoms with E-state index in [9.17, 15) is 5.26 Å². The number of ether oxygens (including phenoxy) is 1. The molecule has 4 heteroatoms. The Kier molecular flexibility index (Phi) is 6.47. The van der Waals surface area contributed by atoms with E-state index >= 15 is 0 Å². The lowest BCUT2D eigenvalue weighted by Gasteiger charge is -2.14. The molecule has 0 aliphatic heterocycles. The van der Waals surface area contributed by atoms with Crippen LogP contribution in [0, 0.1) is 11.3 Å². The summed E-state index contributed by atoms with van der Waals surface area (Å²) in [5, 5.41) is 12.6. The quantitative estimate of drug-likeness (QED) is 0.711. The molecule has 0 saturated carbocycles. The normalized spacial score (nSPS) is 13.4. The third-order valence-electron chi connectivity index (χ3n) is 4.61. The van der Waals surface area contributed by atoms with Gasteiger partial charge in [-0.15, -0.1) is 11.8 Å². The van der Waals surface area contributed by atoms with Crippen molar-refractivity contribution in [2.75, 3.05) is 7.05 Å². The Labute approximate surface area is 166 Å². The molecule has 0 radical (unpaired) electrons. The van der Waals surface area contributed by atoms with Crippen LogP contribution in [0.1, 0.15) is 48.1 Å². The highest BCUT2D eigenvalue weighted by molar-refractivity contribution is 8.07. The van der Waals surface area contributed by atoms with Crippen LogP contribution in [-0.4, -0.2) is 13.2 Å². The topological polar surface area (TPSA) is 45.0 Å². The fraction of sp³-hybridized carbons (Fsp3) is 0.348. The van der Waals surface area contributed by atoms with Gasteiger partial charge in [-0.05, 0) is 67.5 Å². The van der Waals surface area contributed by atoms with Gasteiger partial charge in [0.15, 0.2) is 0 Å². The van der Waals surface area contributed by atoms with Crippen molar-refractivity contribution in [2.45, 2.75) is 45.0 Å². The molecule has 0 amide bonds. The fourth-order valence-corrected chi connectivity index (χ4v) is 4.50. The summed E-state index contributed by atoms with van der Waals surface area (Å²) in [5.74, 6) is 1.47. The lowest BCUT2D eigenvalue weighted by atomic mass is 10.0. The molecule has 0 fully saturated rings. The third-order valence-corrected chi connectivity index (χ3v) is 5.73. The Balaban J connectivity index is 1.79. The monoisotopic (exact) mass is 378 g/mol. The summed E-state index contributed by atoms with van der Waals surface area (Å²) < 4.78 is 5.72. The number of thioether (sulfide) groups is 1. The molecule has 140 valence electrons. The molecule has 1 N–H and O–H groups in total. The molecule has 3 nitrogen and oxygen atoms in total. The molecule has 0 heterocycles. The van der Waals surface area contributed by atoms with E-state index in [1.54, 1.807) is 11.8 Å². The summed E-state index contributed by atoms with van der Waals surface area (Å²) in [4.78, 5) is 1.25. The molecular formula is C23H26N2OS. The van der Waals surface area contributed by atoms with Crippen LogP contribution in [0.25, 0.3) is 4.91 Å². The molecule has 0 saturated heterocycles. The average Bonchev–Trinajstić information content (AvgIpc) is 3.14. The number of nitrogens with one attached hydrogen (secondary N) is 1. The van der Waals surface area contributed by atoms with Crippen LogP contribution in [0.2, 0.25) is 0 Å². The predicted molar refractivity (Wildman–Crippen MR) is 114 cm³/mol. The maximum Gasteiger partial charge on any atom is 0.137 e. The maximum absolute atomic E-state index is 9.44. The van der Waals surface area contributed by atoms with Gasteiger partial charge in [0, 0.05) is 23.9 Å². The Morgan fingerprint density at radius 1 is 1.30 bits per heavy atom. The summed E-state index contributed by atoms with van der Waals surface area (Å²) in [7, 11) is 1.94. The largest absolute Gasteiger partial charge is 0.490 e. The summed E-state index contributed by atoms with van der Waals surface area (Å²) in [6, 6.07) is 14.8. The molecule has 0 spiro atoms. The van der Waals surface area contributed by atoms with E-state index < -0.39 is 0 Å². The highest BCUT2D eigenvalue weighted by Crippen LogP contribution is 2.37. The zero-order valence-corrected chi connectivity index (χ0v) is 17.0. The first-order chi connectivity index (χ1) is 13.1. The van der Waals surface area contributed by atoms with Crippen molar-refractivity contribution in [1.29, 1.82) is 5.26 Å². The first-order valence-electron chi connectivity index (χ1n) is 9.43. The van der Waals surface area contributed by atoms with E-state index in [4.69, 9.17) is 4.74 Å². The summed E-state index contributed by atoms with van der Waals surface area (Å²) in [5.41, 5.74) is 6.04. The summed E-state index contributed by atoms with van der Waals surface area (Å²) >= 11 is 1.81. The summed E-state index contributed by atoms with van der Waals surface area (Å²) in [6.45, 7) is 3.94. The molecule has 2 aromatic carbocycles. The van der Waals surface area contributed by atoms with Gasteiger partial charge in [-0.25, -0.2) is 0 Å². The SMILES string of the molecule is CN/C=C(\SCc1ccc(OC(C)C)c(C#N)c1)c1cccc2c1CCC2. The van der Waals surface area contributed by atoms with Gasteiger partial charge in [0.2, 0.25) is 0 Å². The first kappa shape index (κ1) is 19.4. The molecule has 0 atom stereocenters. The average molecular weight is 379 g/mol. The second-order valence-corrected chi connectivity index (χ2v) is 8.01. The molecule has 27 heavy (non-hydrogen) atoms. The van der Waals surface area contributed by atoms with Gasteiger partial charge >= 0.3 is 0 Å². The number of hydrogen-bond donors (Lipinski definition) is 1. The zero-order valence-electron chi connectivity index (χ0n) is 16.2. The molecule has 2 aromatic rings. The number of nitrogens with zero attached hydrogens (tertiary/aromatic N) is 1. The highest BCUT2D eigenvalue weighted by Gasteiger charge is 2.17. The van der Waals surface area contributed by atoms with Gasteiger partial charge in [-0.3, -0.25) is 0 Å². The minimum Gasteiger partial charge on any atom is -0.490 e. The highest BCUT2D eigenvalue weighted by atomic mass is 32.2. The van der Waals surface area contributed by atoms with Crippen molar-refractivity contribution in [3.63, 3.8) is 0 Å². The van der Waals surface area contributed by atoms with Crippen molar-refractivity contribution in [1.82, 2.24) is 5.32 Å². The Hall–Kier alpha value is -2.38. The van der Waals surface area contributed by atoms with Gasteiger partial charge < -0.3 is 10.1 Å². The maximum atomic E-state index is 9.44. The van der Waals surface area contributed by atoms with Crippen LogP contribution in [0.15, 0.2) is 42.6 Å². The molecule has 0 bridgehead atoms. The second-order valence-electron chi connectivity index (χ2n) is 6.99. The van der Waals surface area contributed by atoms with Gasteiger partial charge in [-0.2, -0.15) is 5.26 Å². The smallest absolute Gasteiger partial charge is 0.137 e. The van der Waals surface area contributed by atoms with E-state index in [1.165, 1.54) is 34.4 Å². The second kappa shape index (κ2) is 9.01. The van der Waals surface area contributed by atoms with Crippen LogP contribution >= 0.6 is 11.8 Å². The number of benzene rings is 2. The van der Waals surface area contributed by atoms with Crippen LogP contribution in [0.3, 0.4) is 0 Å². The Morgan fingerprint density at radius 2 is 2.15 bits per heavy atom. The lowest BCUT2D eigenvalue weighted by Crippen LogP contribution is -2.07. The number of fused-ring (bicyclic) bond motifs is 1. The predicted octanol–water partition coefficient (Wildman–Crippen LogP) is 5.29. The van der Waals surface area contributed by atoms with Crippen LogP contribution in [-0.2, 0) is 18.6 Å². The lowest BCUT2D eigenvalue weighted by molar-refractivity contribution is 0.241. The number of nitriles is 1. The van der Waals surface area contributed by atoms with E-state index in [-0.39, 0.29) is 6.10 Å². The molecule has 0 unspecified atom stereocenters. The van der Waals surface area contributed by atoms with E-state index in [0.29, 0.717) is 11.3 Å². The molecule has 0 aromatic heterocycles. The Morgan fingerprint density at radius 3 is 2.89 bits per heavy atom. The summed E-state index contributed by atoms with van der Waals surface area (Å²) in [6.07, 6.45) is 5.73. The number of aryl methyl sites for hydroxylation is 1. The first-order valence-corrected chi connectivity index (χ1v) is 10.4. The van der Waals surface area contributed by atoms with Gasteiger partial charge in [-0.1, -0.05) is 24.3 Å². The van der Waals surface area contributed by atoms with Crippen molar-refractivity contribution in [2.24, 2.45) is 0 Å². The zero-order chi connectivity index (χ0) is 19.2. The third kappa shape index (κ3) is 4.67. The molecule has 1 aliphatic rings.